The lowest BCUT2D eigenvalue weighted by molar-refractivity contribution is -0.133. The Morgan fingerprint density at radius 3 is 2.89 bits per heavy atom. The number of rotatable bonds is 3. The van der Waals surface area contributed by atoms with E-state index in [4.69, 9.17) is 10.5 Å². The number of ether oxygens (including phenoxy) is 1. The molecule has 1 aliphatic heterocycles. The van der Waals surface area contributed by atoms with Gasteiger partial charge < -0.3 is 20.7 Å². The predicted octanol–water partition coefficient (Wildman–Crippen LogP) is 0.848. The minimum Gasteiger partial charge on any atom is -0.397 e. The van der Waals surface area contributed by atoms with Gasteiger partial charge in [-0.3, -0.25) is 4.79 Å². The zero-order valence-electron chi connectivity index (χ0n) is 10.6. The van der Waals surface area contributed by atoms with Crippen molar-refractivity contribution in [2.75, 3.05) is 43.9 Å². The number of carbonyl (C=O) groups is 1. The average Bonchev–Trinajstić information content (AvgIpc) is 2.41. The van der Waals surface area contributed by atoms with Crippen LogP contribution in [0.3, 0.4) is 0 Å². The molecule has 0 unspecified atom stereocenters. The number of hydrogen-bond donors (Lipinski definition) is 2. The van der Waals surface area contributed by atoms with Crippen molar-refractivity contribution < 1.29 is 9.53 Å². The van der Waals surface area contributed by atoms with E-state index < -0.39 is 0 Å². The zero-order chi connectivity index (χ0) is 13.0. The summed E-state index contributed by atoms with van der Waals surface area (Å²) in [5.41, 5.74) is 8.47. The fourth-order valence-corrected chi connectivity index (χ4v) is 1.93. The lowest BCUT2D eigenvalue weighted by Gasteiger charge is -2.27. The first-order valence-corrected chi connectivity index (χ1v) is 6.13. The van der Waals surface area contributed by atoms with Crippen molar-refractivity contribution in [1.29, 1.82) is 0 Å². The molecule has 1 aromatic rings. The summed E-state index contributed by atoms with van der Waals surface area (Å²) >= 11 is 0. The third kappa shape index (κ3) is 2.92. The third-order valence-corrected chi connectivity index (χ3v) is 3.12. The maximum atomic E-state index is 11.9. The van der Waals surface area contributed by atoms with E-state index in [9.17, 15) is 4.79 Å². The van der Waals surface area contributed by atoms with Crippen LogP contribution >= 0.6 is 0 Å². The molecule has 0 atom stereocenters. The molecule has 5 heteroatoms. The summed E-state index contributed by atoms with van der Waals surface area (Å²) in [6.07, 6.45) is 0. The molecule has 5 nitrogen and oxygen atoms in total. The molecule has 1 aliphatic rings. The fraction of sp³-hybridized carbons (Fsp3) is 0.462. The molecule has 0 bridgehead atoms. The molecule has 1 amide bonds. The quantitative estimate of drug-likeness (QED) is 0.779. The Labute approximate surface area is 107 Å². The van der Waals surface area contributed by atoms with Crippen LogP contribution in [0.5, 0.6) is 0 Å². The molecule has 0 aliphatic carbocycles. The van der Waals surface area contributed by atoms with Gasteiger partial charge >= 0.3 is 0 Å². The van der Waals surface area contributed by atoms with Gasteiger partial charge in [0.05, 0.1) is 31.1 Å². The number of morpholine rings is 1. The Hall–Kier alpha value is -1.75. The van der Waals surface area contributed by atoms with E-state index >= 15 is 0 Å². The fourth-order valence-electron chi connectivity index (χ4n) is 1.93. The largest absolute Gasteiger partial charge is 0.397 e. The van der Waals surface area contributed by atoms with Crippen LogP contribution in [-0.2, 0) is 9.53 Å². The first-order valence-electron chi connectivity index (χ1n) is 6.13. The van der Waals surface area contributed by atoms with Crippen LogP contribution in [0.1, 0.15) is 5.56 Å². The summed E-state index contributed by atoms with van der Waals surface area (Å²) in [6, 6.07) is 5.76. The second-order valence-electron chi connectivity index (χ2n) is 4.38. The van der Waals surface area contributed by atoms with Gasteiger partial charge in [0.15, 0.2) is 0 Å². The summed E-state index contributed by atoms with van der Waals surface area (Å²) in [6.45, 7) is 4.81. The lowest BCUT2D eigenvalue weighted by Crippen LogP contribution is -2.43. The predicted molar refractivity (Wildman–Crippen MR) is 71.5 cm³/mol. The first kappa shape index (κ1) is 12.7. The molecule has 0 spiro atoms. The summed E-state index contributed by atoms with van der Waals surface area (Å²) in [7, 11) is 0. The topological polar surface area (TPSA) is 67.6 Å². The van der Waals surface area contributed by atoms with E-state index in [0.29, 0.717) is 32.0 Å². The summed E-state index contributed by atoms with van der Waals surface area (Å²) < 4.78 is 5.21. The molecule has 98 valence electrons. The Balaban J connectivity index is 1.90. The molecular formula is C13H19N3O2. The molecule has 0 saturated carbocycles. The second-order valence-corrected chi connectivity index (χ2v) is 4.38. The van der Waals surface area contributed by atoms with Crippen LogP contribution in [0.2, 0.25) is 0 Å². The van der Waals surface area contributed by atoms with Gasteiger partial charge in [0.25, 0.3) is 0 Å². The molecular weight excluding hydrogens is 230 g/mol. The second kappa shape index (κ2) is 5.73. The molecule has 2 rings (SSSR count). The van der Waals surface area contributed by atoms with Gasteiger partial charge in [0, 0.05) is 13.1 Å². The Bertz CT molecular complexity index is 428. The van der Waals surface area contributed by atoms with Crippen molar-refractivity contribution in [3.63, 3.8) is 0 Å². The van der Waals surface area contributed by atoms with Crippen molar-refractivity contribution in [2.24, 2.45) is 0 Å². The van der Waals surface area contributed by atoms with Gasteiger partial charge in [-0.1, -0.05) is 12.1 Å². The van der Waals surface area contributed by atoms with Crippen LogP contribution in [0.25, 0.3) is 0 Å². The van der Waals surface area contributed by atoms with Crippen molar-refractivity contribution >= 4 is 17.3 Å². The van der Waals surface area contributed by atoms with Gasteiger partial charge in [-0.2, -0.15) is 0 Å². The van der Waals surface area contributed by atoms with Gasteiger partial charge in [-0.15, -0.1) is 0 Å². The molecule has 0 aromatic heterocycles. The smallest absolute Gasteiger partial charge is 0.242 e. The highest BCUT2D eigenvalue weighted by Gasteiger charge is 2.16. The number of anilines is 2. The van der Waals surface area contributed by atoms with Gasteiger partial charge in [-0.25, -0.2) is 0 Å². The van der Waals surface area contributed by atoms with E-state index in [1.54, 1.807) is 0 Å². The third-order valence-electron chi connectivity index (χ3n) is 3.12. The van der Waals surface area contributed by atoms with Crippen molar-refractivity contribution in [3.8, 4) is 0 Å². The Kier molecular flexibility index (Phi) is 4.04. The van der Waals surface area contributed by atoms with E-state index in [-0.39, 0.29) is 12.5 Å². The van der Waals surface area contributed by atoms with Crippen molar-refractivity contribution in [1.82, 2.24) is 4.90 Å². The number of nitrogen functional groups attached to an aromatic ring is 1. The van der Waals surface area contributed by atoms with Crippen LogP contribution in [0.15, 0.2) is 18.2 Å². The summed E-state index contributed by atoms with van der Waals surface area (Å²) in [5.74, 6) is 0.0826. The normalized spacial score (nSPS) is 15.5. The molecule has 1 saturated heterocycles. The highest BCUT2D eigenvalue weighted by molar-refractivity contribution is 5.82. The van der Waals surface area contributed by atoms with E-state index in [2.05, 4.69) is 5.32 Å². The first-order chi connectivity index (χ1) is 8.68. The minimum absolute atomic E-state index is 0.0826. The number of nitrogens with zero attached hydrogens (tertiary/aromatic N) is 1. The van der Waals surface area contributed by atoms with E-state index in [1.807, 2.05) is 30.0 Å². The molecule has 1 aromatic carbocycles. The molecule has 1 fully saturated rings. The standard InChI is InChI=1S/C13H19N3O2/c1-10-3-2-4-11(13(10)14)15-9-12(17)16-5-7-18-8-6-16/h2-4,15H,5-9,14H2,1H3. The maximum Gasteiger partial charge on any atom is 0.242 e. The van der Waals surface area contributed by atoms with Crippen LogP contribution < -0.4 is 11.1 Å². The van der Waals surface area contributed by atoms with Crippen LogP contribution in [0.4, 0.5) is 11.4 Å². The van der Waals surface area contributed by atoms with Gasteiger partial charge in [0.2, 0.25) is 5.91 Å². The monoisotopic (exact) mass is 249 g/mol. The number of nitrogens with one attached hydrogen (secondary N) is 1. The number of amides is 1. The van der Waals surface area contributed by atoms with Gasteiger partial charge in [-0.05, 0) is 18.6 Å². The molecule has 3 N–H and O–H groups in total. The van der Waals surface area contributed by atoms with Crippen LogP contribution in [-0.4, -0.2) is 43.7 Å². The summed E-state index contributed by atoms with van der Waals surface area (Å²) in [4.78, 5) is 13.7. The van der Waals surface area contributed by atoms with Gasteiger partial charge in [0.1, 0.15) is 0 Å². The maximum absolute atomic E-state index is 11.9. The zero-order valence-corrected chi connectivity index (χ0v) is 10.6. The number of para-hydroxylation sites is 1. The molecule has 0 radical (unpaired) electrons. The van der Waals surface area contributed by atoms with Crippen molar-refractivity contribution in [2.45, 2.75) is 6.92 Å². The average molecular weight is 249 g/mol. The Morgan fingerprint density at radius 2 is 2.17 bits per heavy atom. The number of hydrogen-bond acceptors (Lipinski definition) is 4. The number of aryl methyl sites for hydroxylation is 1. The van der Waals surface area contributed by atoms with E-state index in [1.165, 1.54) is 0 Å². The van der Waals surface area contributed by atoms with E-state index in [0.717, 1.165) is 11.3 Å². The lowest BCUT2D eigenvalue weighted by atomic mass is 10.2. The SMILES string of the molecule is Cc1cccc(NCC(=O)N2CCOCC2)c1N. The van der Waals surface area contributed by atoms with Crippen molar-refractivity contribution in [3.05, 3.63) is 23.8 Å². The number of carbonyl (C=O) groups excluding carboxylic acids is 1. The van der Waals surface area contributed by atoms with Crippen LogP contribution in [0, 0.1) is 6.92 Å². The number of benzene rings is 1. The Morgan fingerprint density at radius 1 is 1.44 bits per heavy atom. The molecule has 18 heavy (non-hydrogen) atoms. The molecule has 1 heterocycles. The highest BCUT2D eigenvalue weighted by Crippen LogP contribution is 2.21. The highest BCUT2D eigenvalue weighted by atomic mass is 16.5. The minimum atomic E-state index is 0.0826. The summed E-state index contributed by atoms with van der Waals surface area (Å²) in [5, 5.41) is 3.09. The number of nitrogens with two attached hydrogens (primary N) is 1.